The van der Waals surface area contributed by atoms with Crippen LogP contribution in [0.15, 0.2) is 28.8 Å². The molecular weight excluding hydrogens is 334 g/mol. The van der Waals surface area contributed by atoms with E-state index in [0.29, 0.717) is 23.3 Å². The van der Waals surface area contributed by atoms with Gasteiger partial charge in [-0.05, 0) is 12.1 Å². The van der Waals surface area contributed by atoms with E-state index in [0.717, 1.165) is 4.31 Å². The number of nitrogens with one attached hydrogen (secondary N) is 1. The smallest absolute Gasteiger partial charge is 0.301 e. The summed E-state index contributed by atoms with van der Waals surface area (Å²) >= 11 is 0. The van der Waals surface area contributed by atoms with Crippen molar-refractivity contribution >= 4 is 33.8 Å². The van der Waals surface area contributed by atoms with Crippen LogP contribution in [-0.2, 0) is 15.0 Å². The fourth-order valence-corrected chi connectivity index (χ4v) is 2.64. The number of carbonyl (C=O) groups excluding carboxylic acids is 1. The van der Waals surface area contributed by atoms with Gasteiger partial charge < -0.3 is 16.2 Å². The number of carbonyl (C=O) groups is 1. The first-order valence-corrected chi connectivity index (χ1v) is 8.45. The Labute approximate surface area is 140 Å². The summed E-state index contributed by atoms with van der Waals surface area (Å²) in [6.07, 6.45) is 1.88. The Kier molecular flexibility index (Phi) is 5.10. The topological polar surface area (TPSA) is 140 Å². The molecule has 10 heteroatoms. The van der Waals surface area contributed by atoms with Crippen LogP contribution < -0.4 is 20.9 Å². The summed E-state index contributed by atoms with van der Waals surface area (Å²) in [5.41, 5.74) is 11.7. The van der Waals surface area contributed by atoms with Crippen LogP contribution in [0.2, 0.25) is 0 Å². The SMILES string of the molecule is CN(C)S(=O)(=O)Nc1cccc2c1OCCC(C(=O)N=C(N)N)=C2. The molecule has 0 atom stereocenters. The van der Waals surface area contributed by atoms with Gasteiger partial charge in [-0.15, -0.1) is 0 Å². The Hall–Kier alpha value is -2.59. The highest BCUT2D eigenvalue weighted by Gasteiger charge is 2.21. The number of guanidine groups is 1. The van der Waals surface area contributed by atoms with Gasteiger partial charge in [0.2, 0.25) is 0 Å². The van der Waals surface area contributed by atoms with Crippen molar-refractivity contribution in [3.8, 4) is 5.75 Å². The van der Waals surface area contributed by atoms with Crippen molar-refractivity contribution in [1.29, 1.82) is 0 Å². The number of benzene rings is 1. The van der Waals surface area contributed by atoms with E-state index in [9.17, 15) is 13.2 Å². The van der Waals surface area contributed by atoms with Gasteiger partial charge in [-0.1, -0.05) is 12.1 Å². The van der Waals surface area contributed by atoms with E-state index < -0.39 is 16.1 Å². The van der Waals surface area contributed by atoms with Crippen molar-refractivity contribution in [2.75, 3.05) is 25.4 Å². The lowest BCUT2D eigenvalue weighted by Crippen LogP contribution is -2.29. The van der Waals surface area contributed by atoms with Gasteiger partial charge in [0.05, 0.1) is 12.3 Å². The molecule has 0 saturated heterocycles. The Balaban J connectivity index is 2.42. The fourth-order valence-electron chi connectivity index (χ4n) is 2.02. The minimum atomic E-state index is -3.68. The summed E-state index contributed by atoms with van der Waals surface area (Å²) in [7, 11) is -0.855. The van der Waals surface area contributed by atoms with E-state index >= 15 is 0 Å². The number of para-hydroxylation sites is 1. The van der Waals surface area contributed by atoms with Crippen molar-refractivity contribution in [2.24, 2.45) is 16.5 Å². The molecule has 1 aromatic rings. The monoisotopic (exact) mass is 353 g/mol. The summed E-state index contributed by atoms with van der Waals surface area (Å²) in [5, 5.41) is 0. The zero-order chi connectivity index (χ0) is 17.9. The molecule has 0 radical (unpaired) electrons. The summed E-state index contributed by atoms with van der Waals surface area (Å²) in [4.78, 5) is 15.5. The molecule has 130 valence electrons. The molecule has 0 aromatic heterocycles. The van der Waals surface area contributed by atoms with Gasteiger partial charge in [0.25, 0.3) is 5.91 Å². The molecule has 0 unspecified atom stereocenters. The van der Waals surface area contributed by atoms with E-state index in [1.54, 1.807) is 24.3 Å². The molecule has 2 rings (SSSR count). The van der Waals surface area contributed by atoms with Gasteiger partial charge >= 0.3 is 10.2 Å². The number of amides is 1. The first kappa shape index (κ1) is 17.8. The number of anilines is 1. The van der Waals surface area contributed by atoms with Crippen molar-refractivity contribution < 1.29 is 17.9 Å². The van der Waals surface area contributed by atoms with Crippen molar-refractivity contribution in [3.63, 3.8) is 0 Å². The maximum atomic E-state index is 12.0. The molecule has 1 aliphatic heterocycles. The van der Waals surface area contributed by atoms with Gasteiger partial charge in [-0.2, -0.15) is 17.7 Å². The van der Waals surface area contributed by atoms with Crippen molar-refractivity contribution in [3.05, 3.63) is 29.3 Å². The zero-order valence-electron chi connectivity index (χ0n) is 13.3. The molecule has 1 aromatic carbocycles. The Morgan fingerprint density at radius 2 is 2.04 bits per heavy atom. The number of hydrogen-bond donors (Lipinski definition) is 3. The lowest BCUT2D eigenvalue weighted by atomic mass is 10.1. The van der Waals surface area contributed by atoms with Gasteiger partial charge in [0.15, 0.2) is 11.7 Å². The number of fused-ring (bicyclic) bond motifs is 1. The average Bonchev–Trinajstić information content (AvgIpc) is 2.69. The van der Waals surface area contributed by atoms with E-state index in [4.69, 9.17) is 16.2 Å². The minimum absolute atomic E-state index is 0.186. The van der Waals surface area contributed by atoms with Crippen LogP contribution in [0.3, 0.4) is 0 Å². The Morgan fingerprint density at radius 3 is 2.67 bits per heavy atom. The van der Waals surface area contributed by atoms with Gasteiger partial charge in [0, 0.05) is 31.7 Å². The summed E-state index contributed by atoms with van der Waals surface area (Å²) in [6.45, 7) is 0.186. The molecule has 24 heavy (non-hydrogen) atoms. The Bertz CT molecular complexity index is 810. The molecule has 5 N–H and O–H groups in total. The highest BCUT2D eigenvalue weighted by atomic mass is 32.2. The Morgan fingerprint density at radius 1 is 1.33 bits per heavy atom. The first-order chi connectivity index (χ1) is 11.2. The molecule has 1 amide bonds. The van der Waals surface area contributed by atoms with Crippen molar-refractivity contribution in [1.82, 2.24) is 4.31 Å². The van der Waals surface area contributed by atoms with Crippen LogP contribution in [0.1, 0.15) is 12.0 Å². The zero-order valence-corrected chi connectivity index (χ0v) is 14.1. The number of ether oxygens (including phenoxy) is 1. The molecule has 0 bridgehead atoms. The maximum Gasteiger partial charge on any atom is 0.301 e. The van der Waals surface area contributed by atoms with Gasteiger partial charge in [-0.3, -0.25) is 9.52 Å². The summed E-state index contributed by atoms with van der Waals surface area (Å²) < 4.78 is 33.1. The van der Waals surface area contributed by atoms with Crippen LogP contribution in [0, 0.1) is 0 Å². The first-order valence-electron chi connectivity index (χ1n) is 7.01. The molecule has 1 aliphatic rings. The second-order valence-electron chi connectivity index (χ2n) is 5.22. The van der Waals surface area contributed by atoms with E-state index in [2.05, 4.69) is 9.71 Å². The standard InChI is InChI=1S/C14H19N5O4S/c1-19(2)24(21,22)18-11-5-3-4-9-8-10(6-7-23-12(9)11)13(20)17-14(15)16/h3-5,8,18H,6-7H2,1-2H3,(H4,15,16,17,20). The minimum Gasteiger partial charge on any atom is -0.490 e. The van der Waals surface area contributed by atoms with Gasteiger partial charge in [-0.25, -0.2) is 0 Å². The van der Waals surface area contributed by atoms with Crippen LogP contribution in [-0.4, -0.2) is 45.3 Å². The van der Waals surface area contributed by atoms with Crippen LogP contribution in [0.4, 0.5) is 5.69 Å². The van der Waals surface area contributed by atoms with Crippen molar-refractivity contribution in [2.45, 2.75) is 6.42 Å². The van der Waals surface area contributed by atoms with E-state index in [1.165, 1.54) is 14.1 Å². The largest absolute Gasteiger partial charge is 0.490 e. The molecule has 0 saturated carbocycles. The predicted molar refractivity (Wildman–Crippen MR) is 91.6 cm³/mol. The second-order valence-corrected chi connectivity index (χ2v) is 7.11. The van der Waals surface area contributed by atoms with E-state index in [-0.39, 0.29) is 18.3 Å². The number of rotatable bonds is 4. The molecule has 0 aliphatic carbocycles. The van der Waals surface area contributed by atoms with E-state index in [1.807, 2.05) is 0 Å². The molecule has 0 spiro atoms. The summed E-state index contributed by atoms with van der Waals surface area (Å²) in [5.74, 6) is -0.528. The number of hydrogen-bond acceptors (Lipinski definition) is 4. The molecule has 9 nitrogen and oxygen atoms in total. The van der Waals surface area contributed by atoms with Crippen LogP contribution in [0.25, 0.3) is 6.08 Å². The molecular formula is C14H19N5O4S. The quantitative estimate of drug-likeness (QED) is 0.509. The highest BCUT2D eigenvalue weighted by molar-refractivity contribution is 7.90. The number of nitrogens with two attached hydrogens (primary N) is 2. The third kappa shape index (κ3) is 4.03. The highest BCUT2D eigenvalue weighted by Crippen LogP contribution is 2.34. The average molecular weight is 353 g/mol. The lowest BCUT2D eigenvalue weighted by molar-refractivity contribution is -0.114. The lowest BCUT2D eigenvalue weighted by Gasteiger charge is -2.17. The normalized spacial score (nSPS) is 14.0. The number of nitrogens with zero attached hydrogens (tertiary/aromatic N) is 2. The third-order valence-electron chi connectivity index (χ3n) is 3.22. The van der Waals surface area contributed by atoms with Crippen LogP contribution >= 0.6 is 0 Å². The number of aliphatic imine (C=N–C) groups is 1. The molecule has 1 heterocycles. The van der Waals surface area contributed by atoms with Gasteiger partial charge in [0.1, 0.15) is 0 Å². The molecule has 0 fully saturated rings. The third-order valence-corrected chi connectivity index (χ3v) is 4.66. The predicted octanol–water partition coefficient (Wildman–Crippen LogP) is -0.129. The second kappa shape index (κ2) is 6.89. The maximum absolute atomic E-state index is 12.0. The fraction of sp³-hybridized carbons (Fsp3) is 0.286. The summed E-state index contributed by atoms with van der Waals surface area (Å²) in [6, 6.07) is 4.94. The van der Waals surface area contributed by atoms with Crippen LogP contribution in [0.5, 0.6) is 5.75 Å².